The van der Waals surface area contributed by atoms with Crippen LogP contribution in [0.4, 0.5) is 0 Å². The van der Waals surface area contributed by atoms with Gasteiger partial charge in [0, 0.05) is 30.6 Å². The van der Waals surface area contributed by atoms with E-state index >= 15 is 0 Å². The molecule has 0 aliphatic carbocycles. The van der Waals surface area contributed by atoms with E-state index in [1.165, 1.54) is 16.7 Å². The molecule has 3 nitrogen and oxygen atoms in total. The topological polar surface area (TPSA) is 30.7 Å². The van der Waals surface area contributed by atoms with Crippen LogP contribution >= 0.6 is 0 Å². The van der Waals surface area contributed by atoms with E-state index in [0.29, 0.717) is 0 Å². The number of rotatable bonds is 2. The molecule has 0 bridgehead atoms. The van der Waals surface area contributed by atoms with Crippen molar-refractivity contribution in [1.82, 2.24) is 14.8 Å². The first-order valence-corrected chi connectivity index (χ1v) is 6.68. The first-order valence-electron chi connectivity index (χ1n) is 6.68. The molecule has 0 aliphatic heterocycles. The molecule has 0 N–H and O–H groups in total. The van der Waals surface area contributed by atoms with Gasteiger partial charge in [0.25, 0.3) is 0 Å². The summed E-state index contributed by atoms with van der Waals surface area (Å²) in [6.45, 7) is 4.25. The van der Waals surface area contributed by atoms with Crippen molar-refractivity contribution in [2.45, 2.75) is 13.8 Å². The van der Waals surface area contributed by atoms with Crippen LogP contribution in [0.3, 0.4) is 0 Å². The summed E-state index contributed by atoms with van der Waals surface area (Å²) in [5.41, 5.74) is 6.71. The molecule has 1 aromatic carbocycles. The Morgan fingerprint density at radius 3 is 2.35 bits per heavy atom. The van der Waals surface area contributed by atoms with E-state index in [0.717, 1.165) is 17.0 Å². The second kappa shape index (κ2) is 4.93. The van der Waals surface area contributed by atoms with Gasteiger partial charge in [-0.25, -0.2) is 0 Å². The van der Waals surface area contributed by atoms with E-state index in [1.807, 2.05) is 36.3 Å². The van der Waals surface area contributed by atoms with Gasteiger partial charge in [-0.15, -0.1) is 0 Å². The SMILES string of the molecule is Cc1cccc(C)c1-c1ncccc1-c1ccn(C)n1. The molecule has 2 aromatic heterocycles. The molecule has 20 heavy (non-hydrogen) atoms. The minimum atomic E-state index is 0.957. The fourth-order valence-electron chi connectivity index (χ4n) is 2.56. The van der Waals surface area contributed by atoms with Gasteiger partial charge >= 0.3 is 0 Å². The number of benzene rings is 1. The van der Waals surface area contributed by atoms with Gasteiger partial charge in [-0.2, -0.15) is 5.10 Å². The molecular weight excluding hydrogens is 246 g/mol. The quantitative estimate of drug-likeness (QED) is 0.704. The summed E-state index contributed by atoms with van der Waals surface area (Å²) in [6, 6.07) is 12.4. The zero-order chi connectivity index (χ0) is 14.1. The maximum absolute atomic E-state index is 4.61. The summed E-state index contributed by atoms with van der Waals surface area (Å²) < 4.78 is 1.82. The molecule has 0 radical (unpaired) electrons. The molecule has 3 heteroatoms. The van der Waals surface area contributed by atoms with Crippen molar-refractivity contribution in [3.05, 3.63) is 59.9 Å². The fraction of sp³-hybridized carbons (Fsp3) is 0.176. The van der Waals surface area contributed by atoms with Crippen LogP contribution in [-0.2, 0) is 7.05 Å². The predicted molar refractivity (Wildman–Crippen MR) is 81.3 cm³/mol. The maximum Gasteiger partial charge on any atom is 0.0944 e. The zero-order valence-electron chi connectivity index (χ0n) is 12.0. The van der Waals surface area contributed by atoms with Crippen LogP contribution in [0.5, 0.6) is 0 Å². The molecule has 0 saturated carbocycles. The maximum atomic E-state index is 4.61. The van der Waals surface area contributed by atoms with Crippen molar-refractivity contribution in [2.24, 2.45) is 7.05 Å². The molecule has 3 rings (SSSR count). The van der Waals surface area contributed by atoms with Crippen molar-refractivity contribution in [3.63, 3.8) is 0 Å². The number of aromatic nitrogens is 3. The summed E-state index contributed by atoms with van der Waals surface area (Å²) in [5.74, 6) is 0. The Morgan fingerprint density at radius 1 is 0.950 bits per heavy atom. The Balaban J connectivity index is 2.25. The van der Waals surface area contributed by atoms with Gasteiger partial charge in [0.2, 0.25) is 0 Å². The van der Waals surface area contributed by atoms with Gasteiger partial charge in [-0.3, -0.25) is 9.67 Å². The molecule has 0 aliphatic rings. The Kier molecular flexibility index (Phi) is 3.11. The molecule has 0 fully saturated rings. The van der Waals surface area contributed by atoms with Crippen LogP contribution in [0, 0.1) is 13.8 Å². The van der Waals surface area contributed by atoms with E-state index in [-0.39, 0.29) is 0 Å². The Bertz CT molecular complexity index is 736. The van der Waals surface area contributed by atoms with E-state index in [4.69, 9.17) is 0 Å². The Morgan fingerprint density at radius 2 is 1.70 bits per heavy atom. The van der Waals surface area contributed by atoms with Crippen molar-refractivity contribution >= 4 is 0 Å². The third-order valence-corrected chi connectivity index (χ3v) is 3.52. The number of hydrogen-bond acceptors (Lipinski definition) is 2. The Labute approximate surface area is 118 Å². The van der Waals surface area contributed by atoms with Crippen molar-refractivity contribution < 1.29 is 0 Å². The summed E-state index contributed by atoms with van der Waals surface area (Å²) >= 11 is 0. The molecule has 100 valence electrons. The number of aryl methyl sites for hydroxylation is 3. The highest BCUT2D eigenvalue weighted by molar-refractivity contribution is 5.81. The summed E-state index contributed by atoms with van der Waals surface area (Å²) in [7, 11) is 1.93. The van der Waals surface area contributed by atoms with E-state index in [9.17, 15) is 0 Å². The minimum Gasteiger partial charge on any atom is -0.275 e. The van der Waals surface area contributed by atoms with E-state index < -0.39 is 0 Å². The lowest BCUT2D eigenvalue weighted by Crippen LogP contribution is -1.95. The predicted octanol–water partition coefficient (Wildman–Crippen LogP) is 3.77. The molecule has 2 heterocycles. The summed E-state index contributed by atoms with van der Waals surface area (Å²) in [5, 5.41) is 4.50. The monoisotopic (exact) mass is 263 g/mol. The van der Waals surface area contributed by atoms with Crippen LogP contribution < -0.4 is 0 Å². The van der Waals surface area contributed by atoms with Crippen molar-refractivity contribution in [3.8, 4) is 22.5 Å². The van der Waals surface area contributed by atoms with E-state index in [2.05, 4.69) is 48.2 Å². The van der Waals surface area contributed by atoms with Crippen LogP contribution in [-0.4, -0.2) is 14.8 Å². The normalized spacial score (nSPS) is 10.8. The van der Waals surface area contributed by atoms with Gasteiger partial charge < -0.3 is 0 Å². The average Bonchev–Trinajstić information content (AvgIpc) is 2.86. The third-order valence-electron chi connectivity index (χ3n) is 3.52. The van der Waals surface area contributed by atoms with Crippen LogP contribution in [0.25, 0.3) is 22.5 Å². The lowest BCUT2D eigenvalue weighted by atomic mass is 9.95. The standard InChI is InChI=1S/C17H17N3/c1-12-6-4-7-13(2)16(12)17-14(8-5-10-18-17)15-9-11-20(3)19-15/h4-11H,1-3H3. The highest BCUT2D eigenvalue weighted by Gasteiger charge is 2.14. The third kappa shape index (κ3) is 2.11. The highest BCUT2D eigenvalue weighted by Crippen LogP contribution is 2.33. The second-order valence-corrected chi connectivity index (χ2v) is 5.04. The molecule has 0 unspecified atom stereocenters. The molecule has 3 aromatic rings. The minimum absolute atomic E-state index is 0.957. The lowest BCUT2D eigenvalue weighted by molar-refractivity contribution is 0.771. The first-order chi connectivity index (χ1) is 9.66. The van der Waals surface area contributed by atoms with Gasteiger partial charge in [-0.05, 0) is 43.2 Å². The van der Waals surface area contributed by atoms with Crippen LogP contribution in [0.2, 0.25) is 0 Å². The van der Waals surface area contributed by atoms with Gasteiger partial charge in [0.15, 0.2) is 0 Å². The van der Waals surface area contributed by atoms with Crippen LogP contribution in [0.1, 0.15) is 11.1 Å². The number of hydrogen-bond donors (Lipinski definition) is 0. The van der Waals surface area contributed by atoms with Crippen molar-refractivity contribution in [2.75, 3.05) is 0 Å². The molecule has 0 amide bonds. The van der Waals surface area contributed by atoms with Gasteiger partial charge in [0.1, 0.15) is 0 Å². The summed E-state index contributed by atoms with van der Waals surface area (Å²) in [4.78, 5) is 4.61. The largest absolute Gasteiger partial charge is 0.275 e. The fourth-order valence-corrected chi connectivity index (χ4v) is 2.56. The lowest BCUT2D eigenvalue weighted by Gasteiger charge is -2.12. The first kappa shape index (κ1) is 12.6. The van der Waals surface area contributed by atoms with Crippen molar-refractivity contribution in [1.29, 1.82) is 0 Å². The van der Waals surface area contributed by atoms with Crippen LogP contribution in [0.15, 0.2) is 48.8 Å². The molecule has 0 atom stereocenters. The molecule has 0 saturated heterocycles. The summed E-state index contributed by atoms with van der Waals surface area (Å²) in [6.07, 6.45) is 3.80. The highest BCUT2D eigenvalue weighted by atomic mass is 15.2. The average molecular weight is 263 g/mol. The number of nitrogens with zero attached hydrogens (tertiary/aromatic N) is 3. The Hall–Kier alpha value is -2.42. The van der Waals surface area contributed by atoms with Gasteiger partial charge in [-0.1, -0.05) is 18.2 Å². The van der Waals surface area contributed by atoms with E-state index in [1.54, 1.807) is 0 Å². The second-order valence-electron chi connectivity index (χ2n) is 5.04. The zero-order valence-corrected chi connectivity index (χ0v) is 12.0. The van der Waals surface area contributed by atoms with Gasteiger partial charge in [0.05, 0.1) is 11.4 Å². The molecular formula is C17H17N3. The molecule has 0 spiro atoms. The smallest absolute Gasteiger partial charge is 0.0944 e. The number of pyridine rings is 1.